The molecule has 0 aliphatic carbocycles. The van der Waals surface area contributed by atoms with E-state index in [9.17, 15) is 4.79 Å². The summed E-state index contributed by atoms with van der Waals surface area (Å²) in [6, 6.07) is 10.7. The number of benzene rings is 1. The first-order valence-corrected chi connectivity index (χ1v) is 6.13. The number of primary amides is 1. The number of hydrogen-bond acceptors (Lipinski definition) is 4. The van der Waals surface area contributed by atoms with Gasteiger partial charge >= 0.3 is 0 Å². The Morgan fingerprint density at radius 3 is 3.00 bits per heavy atom. The van der Waals surface area contributed by atoms with Crippen LogP contribution in [0.25, 0.3) is 10.2 Å². The zero-order chi connectivity index (χ0) is 12.5. The molecule has 5 nitrogen and oxygen atoms in total. The minimum atomic E-state index is -0.571. The molecular formula is C12H9N4OS. The Morgan fingerprint density at radius 1 is 1.44 bits per heavy atom. The highest BCUT2D eigenvalue weighted by Gasteiger charge is 2.08. The van der Waals surface area contributed by atoms with Crippen LogP contribution in [0.3, 0.4) is 0 Å². The van der Waals surface area contributed by atoms with Crippen molar-refractivity contribution in [3.63, 3.8) is 0 Å². The minimum Gasteiger partial charge on any atom is -0.364 e. The van der Waals surface area contributed by atoms with E-state index < -0.39 is 5.91 Å². The molecule has 6 heteroatoms. The molecule has 0 fully saturated rings. The van der Waals surface area contributed by atoms with Crippen molar-refractivity contribution >= 4 is 27.5 Å². The van der Waals surface area contributed by atoms with Crippen molar-refractivity contribution in [2.75, 3.05) is 0 Å². The van der Waals surface area contributed by atoms with Crippen LogP contribution in [0.15, 0.2) is 30.5 Å². The molecule has 1 aromatic carbocycles. The van der Waals surface area contributed by atoms with Crippen molar-refractivity contribution < 1.29 is 4.79 Å². The summed E-state index contributed by atoms with van der Waals surface area (Å²) in [5.41, 5.74) is 6.25. The van der Waals surface area contributed by atoms with E-state index in [2.05, 4.69) is 16.1 Å². The van der Waals surface area contributed by atoms with Crippen molar-refractivity contribution in [1.29, 1.82) is 0 Å². The summed E-state index contributed by atoms with van der Waals surface area (Å²) >= 11 is 1.61. The van der Waals surface area contributed by atoms with E-state index in [1.54, 1.807) is 22.2 Å². The van der Waals surface area contributed by atoms with Gasteiger partial charge in [-0.25, -0.2) is 4.98 Å². The fourth-order valence-electron chi connectivity index (χ4n) is 1.65. The number of carbonyl (C=O) groups excluding carboxylic acids is 1. The third kappa shape index (κ3) is 1.98. The summed E-state index contributed by atoms with van der Waals surface area (Å²) < 4.78 is 2.75. The summed E-state index contributed by atoms with van der Waals surface area (Å²) in [6.07, 6.45) is 1.60. The number of para-hydroxylation sites is 1. The first-order valence-electron chi connectivity index (χ1n) is 5.32. The van der Waals surface area contributed by atoms with Crippen LogP contribution in [0.5, 0.6) is 0 Å². The highest BCUT2D eigenvalue weighted by Crippen LogP contribution is 2.21. The van der Waals surface area contributed by atoms with Crippen molar-refractivity contribution in [2.45, 2.75) is 6.54 Å². The van der Waals surface area contributed by atoms with Crippen molar-refractivity contribution in [3.05, 3.63) is 47.2 Å². The number of aromatic nitrogens is 3. The molecule has 2 heterocycles. The average molecular weight is 257 g/mol. The molecule has 0 saturated heterocycles. The third-order valence-electron chi connectivity index (χ3n) is 2.45. The molecule has 1 radical (unpaired) electrons. The fourth-order valence-corrected chi connectivity index (χ4v) is 2.61. The van der Waals surface area contributed by atoms with Crippen LogP contribution in [0.4, 0.5) is 0 Å². The summed E-state index contributed by atoms with van der Waals surface area (Å²) in [5, 5.41) is 4.96. The molecule has 1 amide bonds. The number of nitrogens with two attached hydrogens (primary N) is 1. The van der Waals surface area contributed by atoms with Gasteiger partial charge in [0.15, 0.2) is 5.69 Å². The summed E-state index contributed by atoms with van der Waals surface area (Å²) in [6.45, 7) is 0.517. The summed E-state index contributed by atoms with van der Waals surface area (Å²) in [4.78, 5) is 15.4. The number of rotatable bonds is 3. The lowest BCUT2D eigenvalue weighted by Gasteiger charge is -1.95. The van der Waals surface area contributed by atoms with E-state index in [4.69, 9.17) is 5.73 Å². The normalized spacial score (nSPS) is 10.9. The van der Waals surface area contributed by atoms with Crippen LogP contribution >= 0.6 is 11.3 Å². The number of hydrogen-bond donors (Lipinski definition) is 1. The Hall–Kier alpha value is -2.21. The molecule has 0 unspecified atom stereocenters. The number of amides is 1. The lowest BCUT2D eigenvalue weighted by Crippen LogP contribution is -2.12. The van der Waals surface area contributed by atoms with Crippen LogP contribution in [0, 0.1) is 6.07 Å². The van der Waals surface area contributed by atoms with Crippen LogP contribution in [-0.4, -0.2) is 20.7 Å². The van der Waals surface area contributed by atoms with Gasteiger partial charge in [0.25, 0.3) is 5.91 Å². The summed E-state index contributed by atoms with van der Waals surface area (Å²) in [5.74, 6) is -0.571. The van der Waals surface area contributed by atoms with Crippen molar-refractivity contribution in [2.24, 2.45) is 5.73 Å². The SMILES string of the molecule is NC(=O)c1[c]cn(Cc2nc3ccccc3s2)n1. The first kappa shape index (κ1) is 10.9. The smallest absolute Gasteiger partial charge is 0.269 e. The van der Waals surface area contributed by atoms with Gasteiger partial charge in [-0.05, 0) is 12.1 Å². The second-order valence-electron chi connectivity index (χ2n) is 3.76. The van der Waals surface area contributed by atoms with Crippen LogP contribution in [0.2, 0.25) is 0 Å². The molecule has 0 aliphatic heterocycles. The quantitative estimate of drug-likeness (QED) is 0.771. The van der Waals surface area contributed by atoms with E-state index in [1.807, 2.05) is 24.3 Å². The molecule has 89 valence electrons. The second kappa shape index (κ2) is 4.23. The lowest BCUT2D eigenvalue weighted by atomic mass is 10.3. The van der Waals surface area contributed by atoms with E-state index >= 15 is 0 Å². The fraction of sp³-hybridized carbons (Fsp3) is 0.0833. The van der Waals surface area contributed by atoms with Gasteiger partial charge in [-0.15, -0.1) is 11.3 Å². The summed E-state index contributed by atoms with van der Waals surface area (Å²) in [7, 11) is 0. The van der Waals surface area contributed by atoms with Gasteiger partial charge in [-0.1, -0.05) is 12.1 Å². The minimum absolute atomic E-state index is 0.149. The van der Waals surface area contributed by atoms with Crippen LogP contribution in [0.1, 0.15) is 15.5 Å². The highest BCUT2D eigenvalue weighted by atomic mass is 32.1. The maximum atomic E-state index is 10.9. The van der Waals surface area contributed by atoms with E-state index in [0.29, 0.717) is 6.54 Å². The van der Waals surface area contributed by atoms with Gasteiger partial charge in [0.1, 0.15) is 5.01 Å². The Labute approximate surface area is 107 Å². The first-order chi connectivity index (χ1) is 8.72. The number of carbonyl (C=O) groups is 1. The van der Waals surface area contributed by atoms with Gasteiger partial charge in [0, 0.05) is 12.3 Å². The van der Waals surface area contributed by atoms with Crippen LogP contribution < -0.4 is 5.73 Å². The van der Waals surface area contributed by atoms with Gasteiger partial charge in [-0.3, -0.25) is 9.48 Å². The second-order valence-corrected chi connectivity index (χ2v) is 4.87. The maximum Gasteiger partial charge on any atom is 0.269 e. The molecule has 3 aromatic rings. The van der Waals surface area contributed by atoms with E-state index in [-0.39, 0.29) is 5.69 Å². The molecule has 0 bridgehead atoms. The van der Waals surface area contributed by atoms with Gasteiger partial charge in [0.05, 0.1) is 16.8 Å². The van der Waals surface area contributed by atoms with Gasteiger partial charge in [0.2, 0.25) is 0 Å². The Bertz CT molecular complexity index is 683. The molecule has 0 saturated carbocycles. The van der Waals surface area contributed by atoms with Crippen molar-refractivity contribution in [3.8, 4) is 0 Å². The zero-order valence-corrected chi connectivity index (χ0v) is 10.1. The van der Waals surface area contributed by atoms with Crippen LogP contribution in [-0.2, 0) is 6.54 Å². The zero-order valence-electron chi connectivity index (χ0n) is 9.33. The molecule has 2 aromatic heterocycles. The molecule has 0 aliphatic rings. The highest BCUT2D eigenvalue weighted by molar-refractivity contribution is 7.18. The van der Waals surface area contributed by atoms with Gasteiger partial charge < -0.3 is 5.73 Å². The predicted octanol–water partition coefficient (Wildman–Crippen LogP) is 1.44. The van der Waals surface area contributed by atoms with E-state index in [1.165, 1.54) is 0 Å². The molecule has 0 spiro atoms. The standard InChI is InChI=1S/C12H9N4OS/c13-12(17)9-5-6-16(15-9)7-11-14-8-3-1-2-4-10(8)18-11/h1-4,6H,7H2,(H2,13,17). The lowest BCUT2D eigenvalue weighted by molar-refractivity contribution is 0.0994. The van der Waals surface area contributed by atoms with E-state index in [0.717, 1.165) is 15.2 Å². The Morgan fingerprint density at radius 2 is 2.28 bits per heavy atom. The van der Waals surface area contributed by atoms with Gasteiger partial charge in [-0.2, -0.15) is 5.10 Å². The Balaban J connectivity index is 1.88. The maximum absolute atomic E-state index is 10.9. The molecule has 18 heavy (non-hydrogen) atoms. The number of fused-ring (bicyclic) bond motifs is 1. The molecular weight excluding hydrogens is 248 g/mol. The molecule has 2 N–H and O–H groups in total. The molecule has 3 rings (SSSR count). The monoisotopic (exact) mass is 257 g/mol. The predicted molar refractivity (Wildman–Crippen MR) is 68.3 cm³/mol. The third-order valence-corrected chi connectivity index (χ3v) is 3.47. The largest absolute Gasteiger partial charge is 0.364 e. The average Bonchev–Trinajstić information content (AvgIpc) is 2.94. The number of nitrogens with zero attached hydrogens (tertiary/aromatic N) is 3. The number of thiazole rings is 1. The molecule has 0 atom stereocenters. The Kier molecular flexibility index (Phi) is 2.56. The van der Waals surface area contributed by atoms with Crippen molar-refractivity contribution in [1.82, 2.24) is 14.8 Å². The topological polar surface area (TPSA) is 73.8 Å².